The Labute approximate surface area is 219 Å². The fourth-order valence-electron chi connectivity index (χ4n) is 4.42. The van der Waals surface area contributed by atoms with Gasteiger partial charge in [-0.2, -0.15) is 4.98 Å². The van der Waals surface area contributed by atoms with Crippen molar-refractivity contribution in [1.82, 2.24) is 19.4 Å². The van der Waals surface area contributed by atoms with Crippen LogP contribution in [0.5, 0.6) is 0 Å². The maximum atomic E-state index is 14.9. The van der Waals surface area contributed by atoms with Crippen molar-refractivity contribution in [3.63, 3.8) is 0 Å². The van der Waals surface area contributed by atoms with Gasteiger partial charge in [-0.25, -0.2) is 18.2 Å². The van der Waals surface area contributed by atoms with Gasteiger partial charge >= 0.3 is 0 Å². The summed E-state index contributed by atoms with van der Waals surface area (Å²) in [5, 5.41) is 3.51. The van der Waals surface area contributed by atoms with Crippen LogP contribution in [0.25, 0.3) is 34.1 Å². The number of hydrogen-bond acceptors (Lipinski definition) is 5. The van der Waals surface area contributed by atoms with Crippen LogP contribution in [0, 0.1) is 24.4 Å². The highest BCUT2D eigenvalue weighted by atomic mass is 19.1. The lowest BCUT2D eigenvalue weighted by molar-refractivity contribution is 0.303. The molecule has 0 unspecified atom stereocenters. The molecule has 0 spiro atoms. The zero-order valence-electron chi connectivity index (χ0n) is 21.7. The molecule has 1 N–H and O–H groups in total. The van der Waals surface area contributed by atoms with Crippen molar-refractivity contribution in [3.05, 3.63) is 88.0 Å². The molecule has 0 aliphatic heterocycles. The predicted molar refractivity (Wildman–Crippen MR) is 146 cm³/mol. The largest absolute Gasteiger partial charge is 0.354 e. The van der Waals surface area contributed by atoms with Crippen LogP contribution in [-0.2, 0) is 0 Å². The molecule has 0 amide bonds. The number of para-hydroxylation sites is 1. The van der Waals surface area contributed by atoms with Gasteiger partial charge in [0, 0.05) is 23.6 Å². The molecule has 0 fully saturated rings. The SMILES string of the molecule is C=Cc1cc(F)c(C)c(-c2nc(NCCCN(CC)CC)nc3c2ccc(=O)n3-c2c(F)cccc2F)c1. The molecule has 0 atom stereocenters. The quantitative estimate of drug-likeness (QED) is 0.261. The van der Waals surface area contributed by atoms with Gasteiger partial charge in [0.2, 0.25) is 5.95 Å². The summed E-state index contributed by atoms with van der Waals surface area (Å²) in [6, 6.07) is 9.16. The van der Waals surface area contributed by atoms with E-state index in [9.17, 15) is 18.0 Å². The van der Waals surface area contributed by atoms with Gasteiger partial charge in [-0.05, 0) is 74.4 Å². The first-order valence-electron chi connectivity index (χ1n) is 12.6. The van der Waals surface area contributed by atoms with Crippen molar-refractivity contribution >= 4 is 23.1 Å². The van der Waals surface area contributed by atoms with E-state index in [4.69, 9.17) is 0 Å². The molecule has 2 aromatic carbocycles. The Morgan fingerprint density at radius 2 is 1.74 bits per heavy atom. The highest BCUT2D eigenvalue weighted by molar-refractivity contribution is 5.93. The summed E-state index contributed by atoms with van der Waals surface area (Å²) < 4.78 is 45.5. The summed E-state index contributed by atoms with van der Waals surface area (Å²) in [7, 11) is 0. The van der Waals surface area contributed by atoms with Gasteiger partial charge < -0.3 is 10.2 Å². The third kappa shape index (κ3) is 5.33. The van der Waals surface area contributed by atoms with E-state index in [1.807, 2.05) is 0 Å². The van der Waals surface area contributed by atoms with Crippen LogP contribution in [0.4, 0.5) is 19.1 Å². The van der Waals surface area contributed by atoms with Crippen molar-refractivity contribution in [2.75, 3.05) is 31.5 Å². The molecule has 9 heteroatoms. The zero-order chi connectivity index (χ0) is 27.4. The monoisotopic (exact) mass is 521 g/mol. The smallest absolute Gasteiger partial charge is 0.256 e. The van der Waals surface area contributed by atoms with E-state index >= 15 is 0 Å². The van der Waals surface area contributed by atoms with Crippen LogP contribution in [0.2, 0.25) is 0 Å². The molecule has 4 aromatic rings. The minimum atomic E-state index is -0.913. The number of halogens is 3. The minimum Gasteiger partial charge on any atom is -0.354 e. The standard InChI is InChI=1S/C29H30F3N5O/c1-5-19-16-21(18(4)24(32)17-19)26-20-12-13-25(38)37(27-22(30)10-8-11-23(27)31)28(20)35-29(34-26)33-14-9-15-36(6-2)7-3/h5,8,10-13,16-17H,1,6-7,9,14-15H2,2-4H3,(H,33,34,35). The van der Waals surface area contributed by atoms with Crippen LogP contribution in [-0.4, -0.2) is 45.6 Å². The molecule has 0 radical (unpaired) electrons. The number of anilines is 1. The Bertz CT molecular complexity index is 1530. The molecule has 198 valence electrons. The molecule has 0 bridgehead atoms. The summed E-state index contributed by atoms with van der Waals surface area (Å²) in [5.41, 5.74) is 0.449. The lowest BCUT2D eigenvalue weighted by Crippen LogP contribution is -2.25. The molecular weight excluding hydrogens is 491 g/mol. The van der Waals surface area contributed by atoms with E-state index in [-0.39, 0.29) is 11.6 Å². The van der Waals surface area contributed by atoms with Gasteiger partial charge in [0.05, 0.1) is 5.69 Å². The zero-order valence-corrected chi connectivity index (χ0v) is 21.7. The van der Waals surface area contributed by atoms with Crippen molar-refractivity contribution in [2.45, 2.75) is 27.2 Å². The molecule has 38 heavy (non-hydrogen) atoms. The Balaban J connectivity index is 1.95. The predicted octanol–water partition coefficient (Wildman–Crippen LogP) is 5.96. The summed E-state index contributed by atoms with van der Waals surface area (Å²) >= 11 is 0. The van der Waals surface area contributed by atoms with Crippen LogP contribution < -0.4 is 10.9 Å². The Morgan fingerprint density at radius 1 is 1.03 bits per heavy atom. The van der Waals surface area contributed by atoms with Crippen molar-refractivity contribution < 1.29 is 13.2 Å². The fraction of sp³-hybridized carbons (Fsp3) is 0.276. The lowest BCUT2D eigenvalue weighted by Gasteiger charge is -2.18. The second-order valence-electron chi connectivity index (χ2n) is 8.90. The maximum Gasteiger partial charge on any atom is 0.256 e. The first kappa shape index (κ1) is 27.1. The second-order valence-corrected chi connectivity index (χ2v) is 8.90. The van der Waals surface area contributed by atoms with E-state index in [0.29, 0.717) is 34.3 Å². The second kappa shape index (κ2) is 11.6. The number of fused-ring (bicyclic) bond motifs is 1. The number of nitrogens with zero attached hydrogens (tertiary/aromatic N) is 4. The third-order valence-electron chi connectivity index (χ3n) is 6.60. The summed E-state index contributed by atoms with van der Waals surface area (Å²) in [6.45, 7) is 12.8. The van der Waals surface area contributed by atoms with Crippen molar-refractivity contribution in [2.24, 2.45) is 0 Å². The summed E-state index contributed by atoms with van der Waals surface area (Å²) in [6.07, 6.45) is 2.31. The molecule has 0 aliphatic rings. The molecule has 0 saturated heterocycles. The van der Waals surface area contributed by atoms with Crippen LogP contribution in [0.15, 0.2) is 53.8 Å². The number of pyridine rings is 1. The third-order valence-corrected chi connectivity index (χ3v) is 6.60. The van der Waals surface area contributed by atoms with E-state index in [2.05, 4.69) is 40.6 Å². The Kier molecular flexibility index (Phi) is 8.26. The van der Waals surface area contributed by atoms with E-state index in [1.54, 1.807) is 13.0 Å². The van der Waals surface area contributed by atoms with Gasteiger partial charge in [0.15, 0.2) is 5.65 Å². The molecule has 4 rings (SSSR count). The number of aromatic nitrogens is 3. The summed E-state index contributed by atoms with van der Waals surface area (Å²) in [5.74, 6) is -2.12. The normalized spacial score (nSPS) is 11.3. The number of benzene rings is 2. The first-order chi connectivity index (χ1) is 18.3. The van der Waals surface area contributed by atoms with E-state index in [1.165, 1.54) is 30.3 Å². The van der Waals surface area contributed by atoms with E-state index < -0.39 is 28.7 Å². The molecule has 2 aromatic heterocycles. The topological polar surface area (TPSA) is 63.1 Å². The molecular formula is C29H30F3N5O. The highest BCUT2D eigenvalue weighted by Gasteiger charge is 2.21. The summed E-state index contributed by atoms with van der Waals surface area (Å²) in [4.78, 5) is 24.5. The van der Waals surface area contributed by atoms with Crippen LogP contribution >= 0.6 is 0 Å². The van der Waals surface area contributed by atoms with Gasteiger partial charge in [0.1, 0.15) is 23.1 Å². The molecule has 0 saturated carbocycles. The first-order valence-corrected chi connectivity index (χ1v) is 12.6. The van der Waals surface area contributed by atoms with Crippen LogP contribution in [0.3, 0.4) is 0 Å². The molecule has 0 aliphatic carbocycles. The Hall–Kier alpha value is -3.98. The molecule has 6 nitrogen and oxygen atoms in total. The Morgan fingerprint density at radius 3 is 2.39 bits per heavy atom. The maximum absolute atomic E-state index is 14.9. The minimum absolute atomic E-state index is 0.00144. The van der Waals surface area contributed by atoms with Gasteiger partial charge in [-0.1, -0.05) is 32.6 Å². The number of nitrogens with one attached hydrogen (secondary N) is 1. The van der Waals surface area contributed by atoms with Gasteiger partial charge in [-0.15, -0.1) is 0 Å². The van der Waals surface area contributed by atoms with Gasteiger partial charge in [-0.3, -0.25) is 9.36 Å². The van der Waals surface area contributed by atoms with Crippen molar-refractivity contribution in [1.29, 1.82) is 0 Å². The number of hydrogen-bond donors (Lipinski definition) is 1. The average molecular weight is 522 g/mol. The number of rotatable bonds is 10. The van der Waals surface area contributed by atoms with Crippen molar-refractivity contribution in [3.8, 4) is 16.9 Å². The average Bonchev–Trinajstić information content (AvgIpc) is 2.90. The van der Waals surface area contributed by atoms with Crippen LogP contribution in [0.1, 0.15) is 31.4 Å². The van der Waals surface area contributed by atoms with E-state index in [0.717, 1.165) is 42.8 Å². The fourth-order valence-corrected chi connectivity index (χ4v) is 4.42. The van der Waals surface area contributed by atoms with Gasteiger partial charge in [0.25, 0.3) is 5.56 Å². The molecule has 2 heterocycles. The lowest BCUT2D eigenvalue weighted by atomic mass is 9.99. The highest BCUT2D eigenvalue weighted by Crippen LogP contribution is 2.33.